The van der Waals surface area contributed by atoms with Crippen LogP contribution < -0.4 is 10.6 Å². The van der Waals surface area contributed by atoms with Crippen LogP contribution in [-0.4, -0.2) is 48.8 Å². The van der Waals surface area contributed by atoms with Gasteiger partial charge in [-0.15, -0.1) is 0 Å². The lowest BCUT2D eigenvalue weighted by molar-refractivity contribution is -0.144. The minimum atomic E-state index is -4.44. The number of aryl methyl sites for hydroxylation is 1. The molecule has 0 radical (unpaired) electrons. The highest BCUT2D eigenvalue weighted by atomic mass is 19.4. The number of hydrogen-bond acceptors (Lipinski definition) is 7. The van der Waals surface area contributed by atoms with Gasteiger partial charge in [0, 0.05) is 19.3 Å². The predicted molar refractivity (Wildman–Crippen MR) is 130 cm³/mol. The molecule has 2 amide bonds. The Morgan fingerprint density at radius 2 is 1.88 bits per heavy atom. The van der Waals surface area contributed by atoms with E-state index in [1.807, 2.05) is 0 Å². The zero-order valence-electron chi connectivity index (χ0n) is 22.1. The molecule has 0 saturated heterocycles. The maximum Gasteiger partial charge on any atom is 0.389 e. The second-order valence-corrected chi connectivity index (χ2v) is 10.5. The Hall–Kier alpha value is -3.65. The van der Waals surface area contributed by atoms with Gasteiger partial charge < -0.3 is 10.6 Å². The molecule has 1 saturated carbocycles. The van der Waals surface area contributed by atoms with Crippen LogP contribution in [0.25, 0.3) is 5.65 Å². The summed E-state index contributed by atoms with van der Waals surface area (Å²) in [5.41, 5.74) is 1.50. The van der Waals surface area contributed by atoms with Crippen LogP contribution in [-0.2, 0) is 4.79 Å². The monoisotopic (exact) mass is 571 g/mol. The molecule has 2 atom stereocenters. The second kappa shape index (κ2) is 11.5. The van der Waals surface area contributed by atoms with Gasteiger partial charge in [-0.05, 0) is 48.4 Å². The lowest BCUT2D eigenvalue weighted by Gasteiger charge is -2.33. The van der Waals surface area contributed by atoms with Crippen LogP contribution >= 0.6 is 0 Å². The van der Waals surface area contributed by atoms with Crippen molar-refractivity contribution in [3.8, 4) is 0 Å². The summed E-state index contributed by atoms with van der Waals surface area (Å²) in [6, 6.07) is 0.273. The van der Waals surface area contributed by atoms with Gasteiger partial charge in [0.25, 0.3) is 5.91 Å². The molecule has 1 aliphatic carbocycles. The number of rotatable bonds is 9. The van der Waals surface area contributed by atoms with Crippen molar-refractivity contribution in [1.82, 2.24) is 35.5 Å². The van der Waals surface area contributed by atoms with E-state index in [4.69, 9.17) is 0 Å². The first-order chi connectivity index (χ1) is 18.7. The Labute approximate surface area is 226 Å². The van der Waals surface area contributed by atoms with Gasteiger partial charge in [-0.2, -0.15) is 18.3 Å². The Balaban J connectivity index is 1.60. The summed E-state index contributed by atoms with van der Waals surface area (Å²) < 4.78 is 71.5. The van der Waals surface area contributed by atoms with Gasteiger partial charge in [0.05, 0.1) is 36.6 Å². The van der Waals surface area contributed by atoms with Crippen LogP contribution in [0.15, 0.2) is 23.1 Å². The van der Waals surface area contributed by atoms with E-state index in [2.05, 4.69) is 35.7 Å². The third kappa shape index (κ3) is 7.10. The minimum Gasteiger partial charge on any atom is -0.349 e. The SMILES string of the molecule is Cc1nonc1C(=O)N[C@H](c1cn2ncc(C(NC(=O)CCC(F)(F)F)C(C)C)cc2n1)C1CCC(F)(F)CC1. The van der Waals surface area contributed by atoms with Crippen molar-refractivity contribution < 1.29 is 36.2 Å². The predicted octanol–water partition coefficient (Wildman–Crippen LogP) is 4.87. The summed E-state index contributed by atoms with van der Waals surface area (Å²) in [4.78, 5) is 29.8. The van der Waals surface area contributed by atoms with E-state index in [0.717, 1.165) is 0 Å². The number of aromatic nitrogens is 5. The third-order valence-corrected chi connectivity index (χ3v) is 7.04. The van der Waals surface area contributed by atoms with Gasteiger partial charge in [0.15, 0.2) is 11.3 Å². The molecule has 0 aromatic carbocycles. The van der Waals surface area contributed by atoms with Crippen LogP contribution in [0.5, 0.6) is 0 Å². The van der Waals surface area contributed by atoms with E-state index in [1.54, 1.807) is 33.0 Å². The lowest BCUT2D eigenvalue weighted by atomic mass is 9.81. The van der Waals surface area contributed by atoms with E-state index >= 15 is 0 Å². The number of hydrogen-bond donors (Lipinski definition) is 2. The van der Waals surface area contributed by atoms with E-state index in [-0.39, 0.29) is 48.9 Å². The first-order valence-electron chi connectivity index (χ1n) is 12.9. The molecule has 1 unspecified atom stereocenters. The van der Waals surface area contributed by atoms with E-state index in [1.165, 1.54) is 10.7 Å². The number of carbonyl (C=O) groups excluding carboxylic acids is 2. The summed E-state index contributed by atoms with van der Waals surface area (Å²) in [6.45, 7) is 5.16. The van der Waals surface area contributed by atoms with Gasteiger partial charge >= 0.3 is 6.18 Å². The van der Waals surface area contributed by atoms with Crippen LogP contribution in [0.1, 0.15) is 91.9 Å². The number of alkyl halides is 5. The fourth-order valence-electron chi connectivity index (χ4n) is 4.84. The molecule has 10 nitrogen and oxygen atoms in total. The summed E-state index contributed by atoms with van der Waals surface area (Å²) in [7, 11) is 0. The number of nitrogens with one attached hydrogen (secondary N) is 2. The van der Waals surface area contributed by atoms with Crippen LogP contribution in [0.3, 0.4) is 0 Å². The minimum absolute atomic E-state index is 0.0312. The summed E-state index contributed by atoms with van der Waals surface area (Å²) in [6.07, 6.45) is -3.65. The molecule has 0 aliphatic heterocycles. The van der Waals surface area contributed by atoms with Gasteiger partial charge in [-0.1, -0.05) is 19.0 Å². The van der Waals surface area contributed by atoms with Crippen LogP contribution in [0.4, 0.5) is 22.0 Å². The Morgan fingerprint density at radius 1 is 1.18 bits per heavy atom. The van der Waals surface area contributed by atoms with Gasteiger partial charge in [-0.3, -0.25) is 9.59 Å². The van der Waals surface area contributed by atoms with Crippen molar-refractivity contribution in [1.29, 1.82) is 0 Å². The summed E-state index contributed by atoms with van der Waals surface area (Å²) in [5, 5.41) is 17.1. The highest BCUT2D eigenvalue weighted by molar-refractivity contribution is 5.93. The fourth-order valence-corrected chi connectivity index (χ4v) is 4.84. The molecule has 3 aromatic heterocycles. The number of nitrogens with zero attached hydrogens (tertiary/aromatic N) is 5. The average Bonchev–Trinajstić information content (AvgIpc) is 3.49. The maximum atomic E-state index is 13.9. The molecule has 1 aliphatic rings. The smallest absolute Gasteiger partial charge is 0.349 e. The Bertz CT molecular complexity index is 1340. The molecule has 2 N–H and O–H groups in total. The van der Waals surface area contributed by atoms with E-state index in [9.17, 15) is 31.5 Å². The van der Waals surface area contributed by atoms with Gasteiger partial charge in [0.2, 0.25) is 11.8 Å². The van der Waals surface area contributed by atoms with Gasteiger partial charge in [0.1, 0.15) is 5.69 Å². The van der Waals surface area contributed by atoms with Crippen LogP contribution in [0.2, 0.25) is 0 Å². The maximum absolute atomic E-state index is 13.9. The molecule has 218 valence electrons. The molecule has 0 spiro atoms. The highest BCUT2D eigenvalue weighted by Gasteiger charge is 2.40. The van der Waals surface area contributed by atoms with Crippen molar-refractivity contribution in [2.24, 2.45) is 11.8 Å². The molecular formula is C25H30F5N7O3. The van der Waals surface area contributed by atoms with Gasteiger partial charge in [-0.25, -0.2) is 22.9 Å². The number of fused-ring (bicyclic) bond motifs is 1. The third-order valence-electron chi connectivity index (χ3n) is 7.04. The fraction of sp³-hybridized carbons (Fsp3) is 0.600. The number of halogens is 5. The summed E-state index contributed by atoms with van der Waals surface area (Å²) in [5.74, 6) is -4.63. The highest BCUT2D eigenvalue weighted by Crippen LogP contribution is 2.41. The molecule has 0 bridgehead atoms. The average molecular weight is 572 g/mol. The Morgan fingerprint density at radius 3 is 2.48 bits per heavy atom. The van der Waals surface area contributed by atoms with Crippen LogP contribution in [0, 0.1) is 18.8 Å². The molecule has 40 heavy (non-hydrogen) atoms. The van der Waals surface area contributed by atoms with E-state index in [0.29, 0.717) is 16.9 Å². The van der Waals surface area contributed by atoms with Crippen molar-refractivity contribution in [2.45, 2.75) is 83.5 Å². The number of imidazole rings is 1. The first kappa shape index (κ1) is 29.3. The molecule has 4 rings (SSSR count). The summed E-state index contributed by atoms with van der Waals surface area (Å²) >= 11 is 0. The molecule has 15 heteroatoms. The lowest BCUT2D eigenvalue weighted by Crippen LogP contribution is -2.37. The normalized spacial score (nSPS) is 17.6. The zero-order valence-corrected chi connectivity index (χ0v) is 22.1. The standard InChI is InChI=1S/C25H30F5N7O3/c1-13(2)20(33-19(38)6-9-25(28,29)30)16-10-18-32-17(12-37(18)31-11-16)22(15-4-7-24(26,27)8-5-15)34-23(39)21-14(3)35-40-36-21/h10-13,15,20,22H,4-9H2,1-3H3,(H,33,38)(H,34,39)/t20?,22-/m0/s1. The molecule has 1 fully saturated rings. The topological polar surface area (TPSA) is 127 Å². The second-order valence-electron chi connectivity index (χ2n) is 10.5. The van der Waals surface area contributed by atoms with Crippen molar-refractivity contribution >= 4 is 17.5 Å². The Kier molecular flexibility index (Phi) is 8.40. The largest absolute Gasteiger partial charge is 0.389 e. The number of amides is 2. The van der Waals surface area contributed by atoms with Crippen molar-refractivity contribution in [3.63, 3.8) is 0 Å². The van der Waals surface area contributed by atoms with Crippen molar-refractivity contribution in [3.05, 3.63) is 41.1 Å². The molecular weight excluding hydrogens is 541 g/mol. The molecule has 3 aromatic rings. The number of carbonyl (C=O) groups is 2. The molecule has 3 heterocycles. The van der Waals surface area contributed by atoms with E-state index < -0.39 is 48.8 Å². The first-order valence-corrected chi connectivity index (χ1v) is 12.9. The van der Waals surface area contributed by atoms with Crippen molar-refractivity contribution in [2.75, 3.05) is 0 Å². The quantitative estimate of drug-likeness (QED) is 0.351. The zero-order chi connectivity index (χ0) is 29.2.